The molecule has 2 aromatic carbocycles. The number of piperidine rings is 1. The van der Waals surface area contributed by atoms with Crippen molar-refractivity contribution < 1.29 is 14.0 Å². The van der Waals surface area contributed by atoms with Crippen LogP contribution >= 0.6 is 0 Å². The summed E-state index contributed by atoms with van der Waals surface area (Å²) in [5.74, 6) is -0.473. The summed E-state index contributed by atoms with van der Waals surface area (Å²) in [6.45, 7) is 5.53. The Balaban J connectivity index is 1.58. The van der Waals surface area contributed by atoms with E-state index in [4.69, 9.17) is 5.73 Å². The summed E-state index contributed by atoms with van der Waals surface area (Å²) in [6, 6.07) is 13.4. The molecule has 1 atom stereocenters. The third kappa shape index (κ3) is 4.44. The van der Waals surface area contributed by atoms with Crippen molar-refractivity contribution in [2.45, 2.75) is 38.8 Å². The predicted molar refractivity (Wildman–Crippen MR) is 121 cm³/mol. The minimum Gasteiger partial charge on any atom is -0.351 e. The second-order valence-corrected chi connectivity index (χ2v) is 8.95. The van der Waals surface area contributed by atoms with Gasteiger partial charge in [0.2, 0.25) is 0 Å². The summed E-state index contributed by atoms with van der Waals surface area (Å²) >= 11 is 0. The number of amides is 3. The van der Waals surface area contributed by atoms with Crippen molar-refractivity contribution in [1.82, 2.24) is 20.0 Å². The lowest BCUT2D eigenvalue weighted by molar-refractivity contribution is 0.0817. The lowest BCUT2D eigenvalue weighted by atomic mass is 9.81. The number of nitrogens with one attached hydrogen (secondary N) is 1. The Morgan fingerprint density at radius 1 is 1.19 bits per heavy atom. The lowest BCUT2D eigenvalue weighted by Gasteiger charge is -2.41. The van der Waals surface area contributed by atoms with Gasteiger partial charge in [-0.25, -0.2) is 9.18 Å². The van der Waals surface area contributed by atoms with Gasteiger partial charge in [0, 0.05) is 24.0 Å². The van der Waals surface area contributed by atoms with Crippen molar-refractivity contribution in [3.05, 3.63) is 65.6 Å². The van der Waals surface area contributed by atoms with E-state index >= 15 is 0 Å². The van der Waals surface area contributed by atoms with Gasteiger partial charge < -0.3 is 16.0 Å². The number of primary amides is 1. The largest absolute Gasteiger partial charge is 0.351 e. The van der Waals surface area contributed by atoms with Crippen molar-refractivity contribution in [2.24, 2.45) is 11.7 Å². The van der Waals surface area contributed by atoms with Crippen LogP contribution in [0.2, 0.25) is 0 Å². The molecule has 1 aliphatic rings. The molecule has 1 saturated heterocycles. The molecular formula is C24H28FN5O2. The van der Waals surface area contributed by atoms with Crippen molar-refractivity contribution in [3.8, 4) is 0 Å². The lowest BCUT2D eigenvalue weighted by Crippen LogP contribution is -2.55. The molecule has 0 saturated carbocycles. The minimum atomic E-state index is -0.549. The average molecular weight is 438 g/mol. The third-order valence-corrected chi connectivity index (χ3v) is 6.31. The highest BCUT2D eigenvalue weighted by Crippen LogP contribution is 2.28. The van der Waals surface area contributed by atoms with Gasteiger partial charge in [-0.05, 0) is 56.4 Å². The summed E-state index contributed by atoms with van der Waals surface area (Å²) in [4.78, 5) is 26.6. The molecule has 3 amide bonds. The molecule has 0 aliphatic carbocycles. The van der Waals surface area contributed by atoms with Crippen LogP contribution in [0.4, 0.5) is 9.18 Å². The Bertz CT molecular complexity index is 1140. The van der Waals surface area contributed by atoms with Gasteiger partial charge in [-0.15, -0.1) is 0 Å². The second kappa shape index (κ2) is 8.61. The number of nitrogens with zero attached hydrogens (tertiary/aromatic N) is 3. The van der Waals surface area contributed by atoms with Gasteiger partial charge in [-0.2, -0.15) is 5.10 Å². The molecule has 168 valence electrons. The van der Waals surface area contributed by atoms with E-state index in [0.29, 0.717) is 25.3 Å². The van der Waals surface area contributed by atoms with Gasteiger partial charge in [0.05, 0.1) is 12.1 Å². The Morgan fingerprint density at radius 2 is 1.91 bits per heavy atom. The Kier molecular flexibility index (Phi) is 5.86. The maximum absolute atomic E-state index is 13.3. The zero-order valence-electron chi connectivity index (χ0n) is 18.3. The summed E-state index contributed by atoms with van der Waals surface area (Å²) in [5, 5.41) is 8.50. The van der Waals surface area contributed by atoms with Crippen LogP contribution in [0.3, 0.4) is 0 Å². The second-order valence-electron chi connectivity index (χ2n) is 8.95. The van der Waals surface area contributed by atoms with E-state index in [1.54, 1.807) is 21.7 Å². The number of nitrogens with two attached hydrogens (primary N) is 1. The van der Waals surface area contributed by atoms with E-state index in [1.165, 1.54) is 12.1 Å². The number of hydrogen-bond donors (Lipinski definition) is 2. The number of benzene rings is 2. The standard InChI is InChI=1S/C24H28FN5O2/c1-24(2,17-6-5-13-29(15-17)23(26)32)27-22(31)21-19-7-3-4-8-20(19)30(28-21)14-16-9-11-18(25)12-10-16/h3-4,7-12,17H,5-6,13-15H2,1-2H3,(H2,26,32)(H,27,31). The number of rotatable bonds is 5. The summed E-state index contributed by atoms with van der Waals surface area (Å²) in [5.41, 5.74) is 6.99. The summed E-state index contributed by atoms with van der Waals surface area (Å²) < 4.78 is 15.0. The predicted octanol–water partition coefficient (Wildman–Crippen LogP) is 3.52. The van der Waals surface area contributed by atoms with Gasteiger partial charge in [0.25, 0.3) is 5.91 Å². The average Bonchev–Trinajstić information content (AvgIpc) is 3.14. The number of urea groups is 1. The molecule has 1 fully saturated rings. The SMILES string of the molecule is CC(C)(NC(=O)c1nn(Cc2ccc(F)cc2)c2ccccc12)C1CCCN(C(N)=O)C1. The maximum atomic E-state index is 13.3. The smallest absolute Gasteiger partial charge is 0.314 e. The number of carbonyl (C=O) groups is 2. The van der Waals surface area contributed by atoms with Crippen LogP contribution < -0.4 is 11.1 Å². The normalized spacial score (nSPS) is 16.8. The van der Waals surface area contributed by atoms with E-state index in [2.05, 4.69) is 10.4 Å². The first-order valence-electron chi connectivity index (χ1n) is 10.8. The van der Waals surface area contributed by atoms with Crippen LogP contribution in [-0.2, 0) is 6.54 Å². The van der Waals surface area contributed by atoms with Crippen molar-refractivity contribution in [3.63, 3.8) is 0 Å². The van der Waals surface area contributed by atoms with Crippen LogP contribution in [0.15, 0.2) is 48.5 Å². The number of fused-ring (bicyclic) bond motifs is 1. The highest BCUT2D eigenvalue weighted by molar-refractivity contribution is 6.05. The molecule has 1 aromatic heterocycles. The fraction of sp³-hybridized carbons (Fsp3) is 0.375. The minimum absolute atomic E-state index is 0.0836. The first-order valence-corrected chi connectivity index (χ1v) is 10.8. The van der Waals surface area contributed by atoms with Crippen LogP contribution in [0.5, 0.6) is 0 Å². The Morgan fingerprint density at radius 3 is 2.62 bits per heavy atom. The van der Waals surface area contributed by atoms with Crippen molar-refractivity contribution >= 4 is 22.8 Å². The molecule has 4 rings (SSSR count). The fourth-order valence-corrected chi connectivity index (χ4v) is 4.40. The number of hydrogen-bond acceptors (Lipinski definition) is 3. The van der Waals surface area contributed by atoms with Crippen molar-refractivity contribution in [1.29, 1.82) is 0 Å². The summed E-state index contributed by atoms with van der Waals surface area (Å²) in [7, 11) is 0. The van der Waals surface area contributed by atoms with E-state index in [-0.39, 0.29) is 17.6 Å². The number of para-hydroxylation sites is 1. The van der Waals surface area contributed by atoms with Crippen LogP contribution in [0, 0.1) is 11.7 Å². The molecule has 3 N–H and O–H groups in total. The summed E-state index contributed by atoms with van der Waals surface area (Å²) in [6.07, 6.45) is 1.75. The zero-order valence-corrected chi connectivity index (χ0v) is 18.3. The molecule has 0 radical (unpaired) electrons. The molecule has 1 unspecified atom stereocenters. The molecule has 0 bridgehead atoms. The van der Waals surface area contributed by atoms with E-state index in [9.17, 15) is 14.0 Å². The zero-order chi connectivity index (χ0) is 22.9. The Labute approximate surface area is 186 Å². The van der Waals surface area contributed by atoms with Crippen LogP contribution in [-0.4, -0.2) is 45.2 Å². The third-order valence-electron chi connectivity index (χ3n) is 6.31. The maximum Gasteiger partial charge on any atom is 0.314 e. The van der Waals surface area contributed by atoms with Gasteiger partial charge >= 0.3 is 6.03 Å². The molecule has 32 heavy (non-hydrogen) atoms. The first-order chi connectivity index (χ1) is 15.2. The van der Waals surface area contributed by atoms with Crippen molar-refractivity contribution in [2.75, 3.05) is 13.1 Å². The molecular weight excluding hydrogens is 409 g/mol. The van der Waals surface area contributed by atoms with Gasteiger partial charge in [-0.3, -0.25) is 9.48 Å². The number of halogens is 1. The van der Waals surface area contributed by atoms with Crippen LogP contribution in [0.1, 0.15) is 42.7 Å². The highest BCUT2D eigenvalue weighted by Gasteiger charge is 2.36. The molecule has 2 heterocycles. The molecule has 8 heteroatoms. The Hall–Kier alpha value is -3.42. The number of carbonyl (C=O) groups excluding carboxylic acids is 2. The highest BCUT2D eigenvalue weighted by atomic mass is 19.1. The quantitative estimate of drug-likeness (QED) is 0.640. The first kappa shape index (κ1) is 21.8. The number of likely N-dealkylation sites (tertiary alicyclic amines) is 1. The molecule has 3 aromatic rings. The topological polar surface area (TPSA) is 93.2 Å². The molecule has 1 aliphatic heterocycles. The van der Waals surface area contributed by atoms with Gasteiger partial charge in [-0.1, -0.05) is 30.3 Å². The molecule has 0 spiro atoms. The van der Waals surface area contributed by atoms with E-state index in [0.717, 1.165) is 29.3 Å². The van der Waals surface area contributed by atoms with E-state index in [1.807, 2.05) is 38.1 Å². The number of aromatic nitrogens is 2. The van der Waals surface area contributed by atoms with Crippen LogP contribution in [0.25, 0.3) is 10.9 Å². The van der Waals surface area contributed by atoms with Gasteiger partial charge in [0.15, 0.2) is 5.69 Å². The fourth-order valence-electron chi connectivity index (χ4n) is 4.40. The monoisotopic (exact) mass is 437 g/mol. The van der Waals surface area contributed by atoms with Gasteiger partial charge in [0.1, 0.15) is 5.82 Å². The van der Waals surface area contributed by atoms with E-state index < -0.39 is 11.6 Å². The molecule has 7 nitrogen and oxygen atoms in total.